The summed E-state index contributed by atoms with van der Waals surface area (Å²) in [6, 6.07) is 13.8. The van der Waals surface area contributed by atoms with Gasteiger partial charge in [-0.1, -0.05) is 26.8 Å². The van der Waals surface area contributed by atoms with Crippen molar-refractivity contribution in [2.75, 3.05) is 16.8 Å². The van der Waals surface area contributed by atoms with Crippen LogP contribution in [0.5, 0.6) is 0 Å². The van der Waals surface area contributed by atoms with Crippen LogP contribution in [-0.4, -0.2) is 18.4 Å². The van der Waals surface area contributed by atoms with Gasteiger partial charge in [0.05, 0.1) is 11.1 Å². The fourth-order valence-corrected chi connectivity index (χ4v) is 3.16. The Hall–Kier alpha value is -3.41. The summed E-state index contributed by atoms with van der Waals surface area (Å²) in [5, 5.41) is 3.16. The predicted molar refractivity (Wildman–Crippen MR) is 120 cm³/mol. The van der Waals surface area contributed by atoms with Gasteiger partial charge in [0.2, 0.25) is 11.8 Å². The number of carbonyl (C=O) groups excluding carboxylic acids is 2. The van der Waals surface area contributed by atoms with Crippen molar-refractivity contribution in [1.82, 2.24) is 0 Å². The molecular formula is C24H26N2O4. The highest BCUT2D eigenvalue weighted by Gasteiger charge is 2.22. The van der Waals surface area contributed by atoms with E-state index >= 15 is 0 Å². The van der Waals surface area contributed by atoms with Gasteiger partial charge in [0.25, 0.3) is 0 Å². The molecule has 1 aromatic heterocycles. The third kappa shape index (κ3) is 4.27. The minimum Gasteiger partial charge on any atom is -0.456 e. The van der Waals surface area contributed by atoms with Gasteiger partial charge in [0.15, 0.2) is 5.43 Å². The Morgan fingerprint density at radius 1 is 1.07 bits per heavy atom. The molecule has 3 rings (SSSR count). The first-order valence-corrected chi connectivity index (χ1v) is 9.88. The van der Waals surface area contributed by atoms with Crippen LogP contribution in [0.4, 0.5) is 11.4 Å². The van der Waals surface area contributed by atoms with Crippen LogP contribution in [-0.2, 0) is 9.59 Å². The number of nitrogens with zero attached hydrogens (tertiary/aromatic N) is 1. The molecule has 6 heteroatoms. The Kier molecular flexibility index (Phi) is 5.78. The van der Waals surface area contributed by atoms with Crippen LogP contribution in [0.2, 0.25) is 0 Å². The molecule has 0 bridgehead atoms. The monoisotopic (exact) mass is 406 g/mol. The summed E-state index contributed by atoms with van der Waals surface area (Å²) in [6.07, 6.45) is 0. The van der Waals surface area contributed by atoms with Gasteiger partial charge >= 0.3 is 0 Å². The van der Waals surface area contributed by atoms with Crippen molar-refractivity contribution in [3.63, 3.8) is 0 Å². The highest BCUT2D eigenvalue weighted by molar-refractivity contribution is 6.02. The van der Waals surface area contributed by atoms with E-state index in [1.807, 2.05) is 52.0 Å². The van der Waals surface area contributed by atoms with Crippen molar-refractivity contribution in [3.05, 3.63) is 58.8 Å². The van der Waals surface area contributed by atoms with Gasteiger partial charge < -0.3 is 14.6 Å². The van der Waals surface area contributed by atoms with Crippen LogP contribution in [0.3, 0.4) is 0 Å². The minimum absolute atomic E-state index is 0.0349. The van der Waals surface area contributed by atoms with Crippen LogP contribution in [0.15, 0.2) is 57.7 Å². The second-order valence-electron chi connectivity index (χ2n) is 8.17. The first kappa shape index (κ1) is 21.3. The summed E-state index contributed by atoms with van der Waals surface area (Å²) in [6.45, 7) is 9.43. The Morgan fingerprint density at radius 2 is 1.73 bits per heavy atom. The molecule has 2 amide bonds. The summed E-state index contributed by atoms with van der Waals surface area (Å²) < 4.78 is 5.98. The molecule has 3 aromatic rings. The number of carbonyl (C=O) groups is 2. The predicted octanol–water partition coefficient (Wildman–Crippen LogP) is 4.82. The van der Waals surface area contributed by atoms with Crippen LogP contribution in [0.25, 0.3) is 22.3 Å². The molecule has 0 spiro atoms. The first-order chi connectivity index (χ1) is 14.1. The quantitative estimate of drug-likeness (QED) is 0.674. The van der Waals surface area contributed by atoms with Crippen molar-refractivity contribution in [2.45, 2.75) is 34.6 Å². The van der Waals surface area contributed by atoms with E-state index in [4.69, 9.17) is 4.42 Å². The number of anilines is 2. The highest BCUT2D eigenvalue weighted by Crippen LogP contribution is 2.28. The van der Waals surface area contributed by atoms with Crippen molar-refractivity contribution in [2.24, 2.45) is 5.41 Å². The van der Waals surface area contributed by atoms with Crippen molar-refractivity contribution in [1.29, 1.82) is 0 Å². The Bertz CT molecular complexity index is 1150. The van der Waals surface area contributed by atoms with Crippen molar-refractivity contribution >= 4 is 34.2 Å². The van der Waals surface area contributed by atoms with Crippen LogP contribution < -0.4 is 15.6 Å². The molecule has 6 nitrogen and oxygen atoms in total. The molecule has 1 N–H and O–H groups in total. The highest BCUT2D eigenvalue weighted by atomic mass is 16.3. The number of fused-ring (bicyclic) bond motifs is 1. The maximum absolute atomic E-state index is 12.9. The van der Waals surface area contributed by atoms with Gasteiger partial charge in [0.1, 0.15) is 11.3 Å². The summed E-state index contributed by atoms with van der Waals surface area (Å²) in [5.41, 5.74) is 1.51. The number of rotatable bonds is 4. The lowest BCUT2D eigenvalue weighted by Gasteiger charge is -2.19. The zero-order chi connectivity index (χ0) is 22.1. The Balaban J connectivity index is 2.01. The van der Waals surface area contributed by atoms with E-state index < -0.39 is 5.41 Å². The number of hydrogen-bond donors (Lipinski definition) is 1. The van der Waals surface area contributed by atoms with Gasteiger partial charge in [-0.15, -0.1) is 0 Å². The molecule has 0 aliphatic rings. The van der Waals surface area contributed by atoms with Gasteiger partial charge in [0, 0.05) is 36.2 Å². The molecule has 0 saturated heterocycles. The van der Waals surface area contributed by atoms with Crippen LogP contribution in [0.1, 0.15) is 34.6 Å². The summed E-state index contributed by atoms with van der Waals surface area (Å²) in [7, 11) is 0. The molecule has 0 saturated carbocycles. The average Bonchev–Trinajstić information content (AvgIpc) is 2.68. The molecule has 1 heterocycles. The van der Waals surface area contributed by atoms with E-state index in [1.54, 1.807) is 23.1 Å². The minimum atomic E-state index is -0.587. The molecule has 0 atom stereocenters. The molecule has 156 valence electrons. The van der Waals surface area contributed by atoms with Gasteiger partial charge in [-0.05, 0) is 43.3 Å². The Labute approximate surface area is 175 Å². The van der Waals surface area contributed by atoms with E-state index in [9.17, 15) is 14.4 Å². The maximum Gasteiger partial charge on any atom is 0.229 e. The second-order valence-corrected chi connectivity index (χ2v) is 8.17. The number of nitrogens with one attached hydrogen (secondary N) is 1. The average molecular weight is 406 g/mol. The van der Waals surface area contributed by atoms with Gasteiger partial charge in [-0.3, -0.25) is 14.4 Å². The smallest absolute Gasteiger partial charge is 0.229 e. The van der Waals surface area contributed by atoms with Crippen molar-refractivity contribution < 1.29 is 14.0 Å². The van der Waals surface area contributed by atoms with Crippen LogP contribution in [0, 0.1) is 5.41 Å². The topological polar surface area (TPSA) is 79.6 Å². The molecule has 30 heavy (non-hydrogen) atoms. The largest absolute Gasteiger partial charge is 0.456 e. The second kappa shape index (κ2) is 8.14. The molecule has 0 fully saturated rings. The number of hydrogen-bond acceptors (Lipinski definition) is 4. The van der Waals surface area contributed by atoms with E-state index in [-0.39, 0.29) is 17.2 Å². The molecule has 0 aliphatic heterocycles. The van der Waals surface area contributed by atoms with E-state index in [1.165, 1.54) is 13.0 Å². The lowest BCUT2D eigenvalue weighted by Crippen LogP contribution is -2.28. The normalized spacial score (nSPS) is 11.4. The molecule has 0 unspecified atom stereocenters. The van der Waals surface area contributed by atoms with E-state index in [2.05, 4.69) is 5.32 Å². The molecule has 0 radical (unpaired) electrons. The standard InChI is InChI=1S/C24H26N2O4/c1-6-26(15(2)27)17-12-10-16(11-13-17)21-14-19(28)22-18(8-7-9-20(22)30-21)25-23(29)24(3,4)5/h7-14H,6H2,1-5H3,(H,25,29). The van der Waals surface area contributed by atoms with Gasteiger partial charge in [-0.25, -0.2) is 0 Å². The van der Waals surface area contributed by atoms with E-state index in [0.717, 1.165) is 11.3 Å². The fourth-order valence-electron chi connectivity index (χ4n) is 3.16. The first-order valence-electron chi connectivity index (χ1n) is 9.88. The zero-order valence-electron chi connectivity index (χ0n) is 17.9. The van der Waals surface area contributed by atoms with Crippen LogP contribution >= 0.6 is 0 Å². The number of benzene rings is 2. The van der Waals surface area contributed by atoms with E-state index in [0.29, 0.717) is 29.0 Å². The van der Waals surface area contributed by atoms with Crippen molar-refractivity contribution in [3.8, 4) is 11.3 Å². The third-order valence-electron chi connectivity index (χ3n) is 4.84. The molecular weight excluding hydrogens is 380 g/mol. The van der Waals surface area contributed by atoms with Gasteiger partial charge in [-0.2, -0.15) is 0 Å². The zero-order valence-corrected chi connectivity index (χ0v) is 17.9. The molecule has 0 aliphatic carbocycles. The molecule has 2 aromatic carbocycles. The Morgan fingerprint density at radius 3 is 2.30 bits per heavy atom. The summed E-state index contributed by atoms with van der Waals surface area (Å²) in [4.78, 5) is 38.6. The number of amides is 2. The third-order valence-corrected chi connectivity index (χ3v) is 4.84. The maximum atomic E-state index is 12.9. The summed E-state index contributed by atoms with van der Waals surface area (Å²) in [5.74, 6) is 0.205. The summed E-state index contributed by atoms with van der Waals surface area (Å²) >= 11 is 0. The fraction of sp³-hybridized carbons (Fsp3) is 0.292. The SMILES string of the molecule is CCN(C(C)=O)c1ccc(-c2cc(=O)c3c(NC(=O)C(C)(C)C)cccc3o2)cc1. The lowest BCUT2D eigenvalue weighted by atomic mass is 9.95. The lowest BCUT2D eigenvalue weighted by molar-refractivity contribution is -0.123.